The minimum atomic E-state index is -0.853. The highest BCUT2D eigenvalue weighted by Crippen LogP contribution is 2.44. The van der Waals surface area contributed by atoms with E-state index >= 15 is 0 Å². The number of anilines is 1. The van der Waals surface area contributed by atoms with Gasteiger partial charge >= 0.3 is 0 Å². The zero-order valence-electron chi connectivity index (χ0n) is 28.1. The third kappa shape index (κ3) is 8.37. The van der Waals surface area contributed by atoms with Gasteiger partial charge in [-0.05, 0) is 43.0 Å². The number of hydrogen-bond acceptors (Lipinski definition) is 13. The molecule has 3 aliphatic rings. The summed E-state index contributed by atoms with van der Waals surface area (Å²) < 4.78 is 41.6. The van der Waals surface area contributed by atoms with Crippen molar-refractivity contribution in [3.05, 3.63) is 46.9 Å². The lowest BCUT2D eigenvalue weighted by Gasteiger charge is -2.24. The molecular weight excluding hydrogens is 672 g/mol. The number of hydrogen-bond donors (Lipinski definition) is 3. The number of aliphatic hydroxyl groups is 1. The number of halogens is 1. The van der Waals surface area contributed by atoms with Crippen molar-refractivity contribution in [1.82, 2.24) is 25.1 Å². The fourth-order valence-electron chi connectivity index (χ4n) is 6.53. The van der Waals surface area contributed by atoms with Gasteiger partial charge in [0.15, 0.2) is 17.7 Å². The van der Waals surface area contributed by atoms with Crippen LogP contribution in [0.25, 0.3) is 11.0 Å². The summed E-state index contributed by atoms with van der Waals surface area (Å²) in [5.41, 5.74) is 2.47. The Labute approximate surface area is 295 Å². The summed E-state index contributed by atoms with van der Waals surface area (Å²) in [6, 6.07) is 7.54. The third-order valence-electron chi connectivity index (χ3n) is 8.68. The maximum absolute atomic E-state index is 13.6. The summed E-state index contributed by atoms with van der Waals surface area (Å²) in [4.78, 5) is 22.5. The van der Waals surface area contributed by atoms with E-state index in [0.29, 0.717) is 76.1 Å². The van der Waals surface area contributed by atoms with Gasteiger partial charge in [0, 0.05) is 6.54 Å². The molecule has 2 fully saturated rings. The fourth-order valence-corrected chi connectivity index (χ4v) is 6.70. The van der Waals surface area contributed by atoms with Crippen molar-refractivity contribution < 1.29 is 43.1 Å². The van der Waals surface area contributed by atoms with Crippen LogP contribution in [0.5, 0.6) is 0 Å². The zero-order chi connectivity index (χ0) is 35.1. The maximum Gasteiger partial charge on any atom is 0.226 e. The second-order valence-corrected chi connectivity index (χ2v) is 12.8. The van der Waals surface area contributed by atoms with Gasteiger partial charge in [-0.2, -0.15) is 15.1 Å². The monoisotopic (exact) mass is 714 g/mol. The van der Waals surface area contributed by atoms with Crippen LogP contribution in [0.2, 0.25) is 5.28 Å². The van der Waals surface area contributed by atoms with E-state index in [4.69, 9.17) is 51.2 Å². The largest absolute Gasteiger partial charge is 0.394 e. The summed E-state index contributed by atoms with van der Waals surface area (Å²) in [5.74, 6) is 1.43. The third-order valence-corrected chi connectivity index (χ3v) is 8.85. The van der Waals surface area contributed by atoms with Gasteiger partial charge in [-0.3, -0.25) is 4.79 Å². The topological polar surface area (TPSA) is 170 Å². The van der Waals surface area contributed by atoms with Crippen LogP contribution in [0.4, 0.5) is 5.82 Å². The smallest absolute Gasteiger partial charge is 0.226 e. The van der Waals surface area contributed by atoms with E-state index in [1.165, 1.54) is 0 Å². The van der Waals surface area contributed by atoms with Gasteiger partial charge in [-0.1, -0.05) is 30.2 Å². The molecule has 6 rings (SSSR count). The van der Waals surface area contributed by atoms with Gasteiger partial charge in [0.25, 0.3) is 0 Å². The van der Waals surface area contributed by atoms with Crippen LogP contribution in [-0.2, 0) is 44.4 Å². The molecule has 3 aromatic rings. The van der Waals surface area contributed by atoms with Gasteiger partial charge in [0.2, 0.25) is 11.2 Å². The number of carbonyl (C=O) groups excluding carboxylic acids is 1. The molecule has 0 radical (unpaired) electrons. The van der Waals surface area contributed by atoms with Gasteiger partial charge in [-0.25, -0.2) is 4.68 Å². The minimum absolute atomic E-state index is 0.00874. The van der Waals surface area contributed by atoms with Crippen molar-refractivity contribution in [3.63, 3.8) is 0 Å². The molecule has 270 valence electrons. The van der Waals surface area contributed by atoms with Crippen LogP contribution in [0.1, 0.15) is 37.2 Å². The Morgan fingerprint density at radius 3 is 2.50 bits per heavy atom. The molecular formula is C34H43ClN6O9. The first-order chi connectivity index (χ1) is 24.3. The van der Waals surface area contributed by atoms with Crippen LogP contribution in [0, 0.1) is 18.3 Å². The SMILES string of the molecule is C#CCOCCOCCOCCOCCNC(=O)[C@H]1Cc2ccccc2[C@H]1Nc1nc(Cl)nc2c1cnn2[C@@H]1O[C@H](CO)[C@H]2OC(C)(C)O[C@H]21. The Hall–Kier alpha value is -3.43. The first kappa shape index (κ1) is 36.4. The average Bonchev–Trinajstić information content (AvgIpc) is 3.85. The van der Waals surface area contributed by atoms with E-state index in [2.05, 4.69) is 31.6 Å². The number of benzene rings is 1. The van der Waals surface area contributed by atoms with Crippen molar-refractivity contribution in [2.24, 2.45) is 5.92 Å². The maximum atomic E-state index is 13.6. The van der Waals surface area contributed by atoms with Crippen LogP contribution in [-0.4, -0.2) is 121 Å². The molecule has 0 saturated carbocycles. The summed E-state index contributed by atoms with van der Waals surface area (Å²) in [5, 5.41) is 21.6. The molecule has 2 aromatic heterocycles. The van der Waals surface area contributed by atoms with Crippen LogP contribution in [0.3, 0.4) is 0 Å². The molecule has 16 heteroatoms. The summed E-state index contributed by atoms with van der Waals surface area (Å²) in [6.07, 6.45) is 4.95. The Morgan fingerprint density at radius 2 is 1.76 bits per heavy atom. The van der Waals surface area contributed by atoms with Crippen molar-refractivity contribution in [3.8, 4) is 12.3 Å². The molecule has 0 spiro atoms. The van der Waals surface area contributed by atoms with E-state index in [0.717, 1.165) is 11.1 Å². The number of rotatable bonds is 18. The Morgan fingerprint density at radius 1 is 1.06 bits per heavy atom. The molecule has 1 aliphatic carbocycles. The Bertz CT molecular complexity index is 1650. The van der Waals surface area contributed by atoms with E-state index in [1.807, 2.05) is 38.1 Å². The molecule has 50 heavy (non-hydrogen) atoms. The number of ether oxygens (including phenoxy) is 7. The number of fused-ring (bicyclic) bond motifs is 3. The van der Waals surface area contributed by atoms with E-state index in [1.54, 1.807) is 10.9 Å². The Balaban J connectivity index is 1.05. The predicted molar refractivity (Wildman–Crippen MR) is 180 cm³/mol. The molecule has 15 nitrogen and oxygen atoms in total. The van der Waals surface area contributed by atoms with E-state index < -0.39 is 42.3 Å². The standard InChI is InChI=1S/C34H43ClN6O9/c1-4-10-44-12-14-46-16-17-47-15-13-45-11-9-36-31(43)23-18-21-7-5-6-8-22(21)26(23)38-29-24-19-37-41(30(24)40-33(35)39-29)32-28-27(25(20-42)48-32)49-34(2,3)50-28/h1,5-8,19,23,25-28,32,42H,9-18,20H2,2-3H3,(H,36,43)(H,38,39,40)/t23-,25+,26+,27+,28+,32+/m0/s1. The number of terminal acetylenes is 1. The number of aromatic nitrogens is 4. The zero-order valence-corrected chi connectivity index (χ0v) is 28.8. The van der Waals surface area contributed by atoms with Crippen molar-refractivity contribution in [2.45, 2.75) is 56.6 Å². The van der Waals surface area contributed by atoms with Gasteiger partial charge in [0.05, 0.1) is 76.4 Å². The second kappa shape index (κ2) is 16.7. The van der Waals surface area contributed by atoms with Crippen molar-refractivity contribution in [1.29, 1.82) is 0 Å². The van der Waals surface area contributed by atoms with Gasteiger partial charge in [-0.15, -0.1) is 6.42 Å². The molecule has 0 bridgehead atoms. The van der Waals surface area contributed by atoms with E-state index in [-0.39, 0.29) is 24.4 Å². The van der Waals surface area contributed by atoms with Crippen LogP contribution >= 0.6 is 11.6 Å². The first-order valence-electron chi connectivity index (χ1n) is 16.7. The minimum Gasteiger partial charge on any atom is -0.394 e. The predicted octanol–water partition coefficient (Wildman–Crippen LogP) is 2.03. The van der Waals surface area contributed by atoms with Gasteiger partial charge < -0.3 is 48.9 Å². The molecule has 0 unspecified atom stereocenters. The fraction of sp³-hybridized carbons (Fsp3) is 0.588. The molecule has 2 aliphatic heterocycles. The highest BCUT2D eigenvalue weighted by molar-refractivity contribution is 6.28. The van der Waals surface area contributed by atoms with E-state index in [9.17, 15) is 9.90 Å². The second-order valence-electron chi connectivity index (χ2n) is 12.5. The van der Waals surface area contributed by atoms with Crippen LogP contribution < -0.4 is 10.6 Å². The van der Waals surface area contributed by atoms with Crippen molar-refractivity contribution in [2.75, 3.05) is 71.3 Å². The lowest BCUT2D eigenvalue weighted by atomic mass is 9.99. The number of nitrogens with zero attached hydrogens (tertiary/aromatic N) is 4. The number of nitrogens with one attached hydrogen (secondary N) is 2. The van der Waals surface area contributed by atoms with Crippen LogP contribution in [0.15, 0.2) is 30.5 Å². The number of amides is 1. The molecule has 6 atom stereocenters. The average molecular weight is 715 g/mol. The lowest BCUT2D eigenvalue weighted by molar-refractivity contribution is -0.201. The normalized spacial score (nSPS) is 25.0. The Kier molecular flexibility index (Phi) is 12.2. The molecule has 2 saturated heterocycles. The summed E-state index contributed by atoms with van der Waals surface area (Å²) in [6.45, 7) is 6.95. The summed E-state index contributed by atoms with van der Waals surface area (Å²) >= 11 is 6.47. The lowest BCUT2D eigenvalue weighted by Crippen LogP contribution is -2.37. The highest BCUT2D eigenvalue weighted by atomic mass is 35.5. The van der Waals surface area contributed by atoms with Crippen molar-refractivity contribution >= 4 is 34.4 Å². The molecule has 1 aromatic carbocycles. The summed E-state index contributed by atoms with van der Waals surface area (Å²) in [7, 11) is 0. The number of carbonyl (C=O) groups is 1. The van der Waals surface area contributed by atoms with Gasteiger partial charge in [0.1, 0.15) is 30.7 Å². The molecule has 3 N–H and O–H groups in total. The first-order valence-corrected chi connectivity index (χ1v) is 17.1. The molecule has 1 amide bonds. The highest BCUT2D eigenvalue weighted by Gasteiger charge is 2.56. The molecule has 4 heterocycles. The number of aliphatic hydroxyl groups excluding tert-OH is 1. The quantitative estimate of drug-likeness (QED) is 0.0995.